The molecule has 0 aliphatic carbocycles. The number of benzene rings is 1. The van der Waals surface area contributed by atoms with Crippen molar-refractivity contribution in [2.24, 2.45) is 0 Å². The summed E-state index contributed by atoms with van der Waals surface area (Å²) in [6, 6.07) is 0. The molecular weight excluding hydrogens is 289 g/mol. The highest BCUT2D eigenvalue weighted by Gasteiger charge is 2.26. The number of anilines is 1. The van der Waals surface area contributed by atoms with Crippen LogP contribution >= 0.6 is 0 Å². The molecule has 1 aromatic heterocycles. The summed E-state index contributed by atoms with van der Waals surface area (Å²) in [5.41, 5.74) is -1.44. The van der Waals surface area contributed by atoms with E-state index in [9.17, 15) is 26.7 Å². The Balaban J connectivity index is 2.27. The quantitative estimate of drug-likeness (QED) is 0.521. The zero-order valence-corrected chi connectivity index (χ0v) is 9.37. The molecule has 20 heavy (non-hydrogen) atoms. The molecule has 1 aromatic carbocycles. The predicted molar refractivity (Wildman–Crippen MR) is 52.7 cm³/mol. The van der Waals surface area contributed by atoms with Crippen LogP contribution in [-0.4, -0.2) is 26.1 Å². The monoisotopic (exact) mass is 293 g/mol. The maximum atomic E-state index is 13.3. The molecule has 0 atom stereocenters. The molecular formula is C9H4F5N5O. The fourth-order valence-corrected chi connectivity index (χ4v) is 1.28. The zero-order valence-electron chi connectivity index (χ0n) is 9.37. The summed E-state index contributed by atoms with van der Waals surface area (Å²) in [5.74, 6) is -12.0. The second kappa shape index (κ2) is 5.19. The van der Waals surface area contributed by atoms with E-state index in [1.54, 1.807) is 5.32 Å². The number of carbonyl (C=O) groups is 1. The fraction of sp³-hybridized carbons (Fsp3) is 0.111. The van der Waals surface area contributed by atoms with Gasteiger partial charge in [-0.25, -0.2) is 22.0 Å². The van der Waals surface area contributed by atoms with Gasteiger partial charge in [0, 0.05) is 0 Å². The first kappa shape index (κ1) is 13.8. The molecule has 1 N–H and O–H groups in total. The normalized spacial score (nSPS) is 10.7. The van der Waals surface area contributed by atoms with Gasteiger partial charge in [0.2, 0.25) is 11.7 Å². The minimum atomic E-state index is -2.31. The number of hydrogen-bond donors (Lipinski definition) is 1. The van der Waals surface area contributed by atoms with Crippen LogP contribution in [0, 0.1) is 29.1 Å². The molecule has 0 saturated heterocycles. The standard InChI is InChI=1S/C9H4F5N5O/c10-4-5(11)7(13)9(8(14)6(4)12)17-3(20)1-19-16-2-15-18-19/h2H,1H2,(H,17,20). The van der Waals surface area contributed by atoms with Gasteiger partial charge < -0.3 is 5.32 Å². The zero-order chi connectivity index (χ0) is 14.9. The summed E-state index contributed by atoms with van der Waals surface area (Å²) in [6.45, 7) is -0.612. The van der Waals surface area contributed by atoms with Crippen LogP contribution in [0.2, 0.25) is 0 Å². The minimum Gasteiger partial charge on any atom is -0.319 e. The van der Waals surface area contributed by atoms with Gasteiger partial charge in [0.25, 0.3) is 0 Å². The largest absolute Gasteiger partial charge is 0.319 e. The lowest BCUT2D eigenvalue weighted by molar-refractivity contribution is -0.117. The van der Waals surface area contributed by atoms with Gasteiger partial charge in [-0.1, -0.05) is 0 Å². The van der Waals surface area contributed by atoms with E-state index in [-0.39, 0.29) is 0 Å². The van der Waals surface area contributed by atoms with Gasteiger partial charge in [0.15, 0.2) is 29.6 Å². The average Bonchev–Trinajstić information content (AvgIpc) is 2.92. The molecule has 1 amide bonds. The molecule has 1 heterocycles. The Kier molecular flexibility index (Phi) is 3.59. The molecule has 106 valence electrons. The van der Waals surface area contributed by atoms with Gasteiger partial charge in [-0.3, -0.25) is 4.79 Å². The van der Waals surface area contributed by atoms with Gasteiger partial charge in [0.05, 0.1) is 0 Å². The van der Waals surface area contributed by atoms with E-state index in [0.717, 1.165) is 11.1 Å². The maximum absolute atomic E-state index is 13.3. The summed E-state index contributed by atoms with van der Waals surface area (Å²) in [7, 11) is 0. The Hall–Kier alpha value is -2.59. The summed E-state index contributed by atoms with van der Waals surface area (Å²) in [6.07, 6.45) is 0.992. The van der Waals surface area contributed by atoms with Crippen molar-refractivity contribution in [3.8, 4) is 0 Å². The summed E-state index contributed by atoms with van der Waals surface area (Å²) >= 11 is 0. The van der Waals surface area contributed by atoms with Gasteiger partial charge in [0.1, 0.15) is 12.2 Å². The summed E-state index contributed by atoms with van der Waals surface area (Å²) in [5, 5.41) is 11.5. The van der Waals surface area contributed by atoms with E-state index in [1.165, 1.54) is 0 Å². The SMILES string of the molecule is O=C(Cn1ncnn1)Nc1c(F)c(F)c(F)c(F)c1F. The number of amides is 1. The maximum Gasteiger partial charge on any atom is 0.248 e. The molecule has 0 aliphatic heterocycles. The molecule has 2 rings (SSSR count). The molecule has 11 heteroatoms. The second-order valence-electron chi connectivity index (χ2n) is 3.46. The number of halogens is 5. The van der Waals surface area contributed by atoms with Crippen LogP contribution in [0.25, 0.3) is 0 Å². The topological polar surface area (TPSA) is 72.7 Å². The van der Waals surface area contributed by atoms with Crippen molar-refractivity contribution in [1.82, 2.24) is 20.2 Å². The Labute approximate surface area is 107 Å². The molecule has 0 radical (unpaired) electrons. The van der Waals surface area contributed by atoms with E-state index in [4.69, 9.17) is 0 Å². The Morgan fingerprint density at radius 2 is 1.60 bits per heavy atom. The van der Waals surface area contributed by atoms with Crippen molar-refractivity contribution in [2.45, 2.75) is 6.54 Å². The van der Waals surface area contributed by atoms with Gasteiger partial charge in [-0.2, -0.15) is 4.80 Å². The second-order valence-corrected chi connectivity index (χ2v) is 3.46. The number of nitrogens with one attached hydrogen (secondary N) is 1. The highest BCUT2D eigenvalue weighted by atomic mass is 19.2. The van der Waals surface area contributed by atoms with E-state index in [2.05, 4.69) is 15.4 Å². The lowest BCUT2D eigenvalue weighted by atomic mass is 10.2. The van der Waals surface area contributed by atoms with Crippen molar-refractivity contribution in [1.29, 1.82) is 0 Å². The van der Waals surface area contributed by atoms with Gasteiger partial charge in [-0.15, -0.1) is 10.2 Å². The van der Waals surface area contributed by atoms with Gasteiger partial charge >= 0.3 is 0 Å². The first-order valence-corrected chi connectivity index (χ1v) is 4.94. The van der Waals surface area contributed by atoms with Crippen molar-refractivity contribution >= 4 is 11.6 Å². The van der Waals surface area contributed by atoms with Crippen molar-refractivity contribution in [3.63, 3.8) is 0 Å². The molecule has 2 aromatic rings. The number of rotatable bonds is 3. The third kappa shape index (κ3) is 2.41. The minimum absolute atomic E-state index is 0.612. The van der Waals surface area contributed by atoms with Crippen LogP contribution in [0.1, 0.15) is 0 Å². The number of carbonyl (C=O) groups excluding carboxylic acids is 1. The Morgan fingerprint density at radius 3 is 2.10 bits per heavy atom. The molecule has 0 unspecified atom stereocenters. The Morgan fingerprint density at radius 1 is 1.05 bits per heavy atom. The van der Waals surface area contributed by atoms with Crippen LogP contribution in [0.3, 0.4) is 0 Å². The van der Waals surface area contributed by atoms with E-state index < -0.39 is 47.2 Å². The predicted octanol–water partition coefficient (Wildman–Crippen LogP) is 1.01. The van der Waals surface area contributed by atoms with E-state index in [1.807, 2.05) is 0 Å². The molecule has 0 aliphatic rings. The smallest absolute Gasteiger partial charge is 0.248 e. The molecule has 0 spiro atoms. The Bertz CT molecular complexity index is 630. The van der Waals surface area contributed by atoms with Crippen LogP contribution in [0.4, 0.5) is 27.6 Å². The van der Waals surface area contributed by atoms with Crippen LogP contribution in [0.5, 0.6) is 0 Å². The third-order valence-electron chi connectivity index (χ3n) is 2.15. The molecule has 0 bridgehead atoms. The number of hydrogen-bond acceptors (Lipinski definition) is 4. The number of nitrogens with zero attached hydrogens (tertiary/aromatic N) is 4. The lowest BCUT2D eigenvalue weighted by Gasteiger charge is -2.09. The van der Waals surface area contributed by atoms with Crippen molar-refractivity contribution in [2.75, 3.05) is 5.32 Å². The molecule has 0 saturated carbocycles. The first-order valence-electron chi connectivity index (χ1n) is 4.94. The van der Waals surface area contributed by atoms with Crippen molar-refractivity contribution < 1.29 is 26.7 Å². The average molecular weight is 293 g/mol. The first-order chi connectivity index (χ1) is 9.41. The molecule has 6 nitrogen and oxygen atoms in total. The summed E-state index contributed by atoms with van der Waals surface area (Å²) < 4.78 is 65.0. The van der Waals surface area contributed by atoms with Crippen LogP contribution < -0.4 is 5.32 Å². The summed E-state index contributed by atoms with van der Waals surface area (Å²) in [4.78, 5) is 12.1. The highest BCUT2D eigenvalue weighted by Crippen LogP contribution is 2.26. The molecule has 0 fully saturated rings. The number of tetrazole rings is 1. The van der Waals surface area contributed by atoms with E-state index in [0.29, 0.717) is 0 Å². The third-order valence-corrected chi connectivity index (χ3v) is 2.15. The van der Waals surface area contributed by atoms with Crippen LogP contribution in [0.15, 0.2) is 6.33 Å². The lowest BCUT2D eigenvalue weighted by Crippen LogP contribution is -2.22. The van der Waals surface area contributed by atoms with Crippen molar-refractivity contribution in [3.05, 3.63) is 35.4 Å². The van der Waals surface area contributed by atoms with Gasteiger partial charge in [-0.05, 0) is 5.21 Å². The highest BCUT2D eigenvalue weighted by molar-refractivity contribution is 5.90. The fourth-order valence-electron chi connectivity index (χ4n) is 1.28. The van der Waals surface area contributed by atoms with E-state index >= 15 is 0 Å². The number of aromatic nitrogens is 4. The van der Waals surface area contributed by atoms with Crippen LogP contribution in [-0.2, 0) is 11.3 Å².